The largest absolute Gasteiger partial charge is 0.472 e. The first-order valence-corrected chi connectivity index (χ1v) is 17.9. The Bertz CT molecular complexity index is 509. The topological polar surface area (TPSA) is 55.8 Å². The molecule has 0 saturated heterocycles. The number of phosphoric ester groups is 1. The smallest absolute Gasteiger partial charge is 0.302 e. The Balaban J connectivity index is 3.32. The van der Waals surface area contributed by atoms with Crippen LogP contribution in [0.15, 0.2) is 12.2 Å². The van der Waals surface area contributed by atoms with Gasteiger partial charge in [0.1, 0.15) is 0 Å². The van der Waals surface area contributed by atoms with Crippen molar-refractivity contribution < 1.29 is 18.5 Å². The third kappa shape index (κ3) is 32.0. The zero-order valence-electron chi connectivity index (χ0n) is 25.1. The summed E-state index contributed by atoms with van der Waals surface area (Å²) in [5.41, 5.74) is 0. The highest BCUT2D eigenvalue weighted by atomic mass is 31.2. The van der Waals surface area contributed by atoms with Gasteiger partial charge in [-0.3, -0.25) is 9.05 Å². The molecule has 0 aromatic rings. The molecule has 0 rings (SSSR count). The molecule has 0 spiro atoms. The van der Waals surface area contributed by atoms with Crippen LogP contribution in [0.3, 0.4) is 0 Å². The fourth-order valence-corrected chi connectivity index (χ4v) is 5.48. The summed E-state index contributed by atoms with van der Waals surface area (Å²) in [5.74, 6) is 0. The third-order valence-corrected chi connectivity index (χ3v) is 8.18. The van der Waals surface area contributed by atoms with Crippen LogP contribution in [0.4, 0.5) is 0 Å². The molecule has 0 saturated carbocycles. The molecule has 0 heterocycles. The Morgan fingerprint density at radius 1 is 0.459 bits per heavy atom. The van der Waals surface area contributed by atoms with Crippen LogP contribution in [0.2, 0.25) is 0 Å². The van der Waals surface area contributed by atoms with Crippen molar-refractivity contribution in [3.8, 4) is 0 Å². The minimum atomic E-state index is -3.87. The fourth-order valence-electron chi connectivity index (χ4n) is 4.69. The van der Waals surface area contributed by atoms with Gasteiger partial charge in [0, 0.05) is 0 Å². The molecule has 0 radical (unpaired) electrons. The van der Waals surface area contributed by atoms with E-state index in [0.29, 0.717) is 13.2 Å². The molecule has 37 heavy (non-hydrogen) atoms. The number of allylic oxidation sites excluding steroid dienone is 2. The van der Waals surface area contributed by atoms with Gasteiger partial charge < -0.3 is 4.89 Å². The van der Waals surface area contributed by atoms with Gasteiger partial charge in [-0.05, 0) is 38.5 Å². The minimum absolute atomic E-state index is 0.313. The molecule has 1 atom stereocenters. The summed E-state index contributed by atoms with van der Waals surface area (Å²) in [4.78, 5) is 9.82. The molecule has 0 bridgehead atoms. The van der Waals surface area contributed by atoms with Crippen molar-refractivity contribution in [1.82, 2.24) is 0 Å². The van der Waals surface area contributed by atoms with E-state index in [1.165, 1.54) is 141 Å². The van der Waals surface area contributed by atoms with Gasteiger partial charge in [0.15, 0.2) is 0 Å². The molecule has 0 aliphatic rings. The molecule has 4 nitrogen and oxygen atoms in total. The lowest BCUT2D eigenvalue weighted by atomic mass is 10.1. The molecule has 0 fully saturated rings. The van der Waals surface area contributed by atoms with Crippen molar-refractivity contribution in [3.63, 3.8) is 0 Å². The van der Waals surface area contributed by atoms with Crippen LogP contribution in [0.1, 0.15) is 181 Å². The second-order valence-corrected chi connectivity index (χ2v) is 12.4. The van der Waals surface area contributed by atoms with Gasteiger partial charge in [-0.1, -0.05) is 154 Å². The predicted molar refractivity (Wildman–Crippen MR) is 162 cm³/mol. The molecule has 222 valence electrons. The summed E-state index contributed by atoms with van der Waals surface area (Å²) in [6.45, 7) is 5.16. The highest BCUT2D eigenvalue weighted by Gasteiger charge is 2.19. The van der Waals surface area contributed by atoms with Crippen LogP contribution in [-0.2, 0) is 13.6 Å². The van der Waals surface area contributed by atoms with Crippen molar-refractivity contribution in [2.24, 2.45) is 0 Å². The van der Waals surface area contributed by atoms with E-state index in [4.69, 9.17) is 9.05 Å². The van der Waals surface area contributed by atoms with Gasteiger partial charge in [-0.2, -0.15) is 0 Å². The molecule has 0 aliphatic heterocycles. The molecule has 0 aromatic carbocycles. The minimum Gasteiger partial charge on any atom is -0.302 e. The van der Waals surface area contributed by atoms with E-state index >= 15 is 0 Å². The van der Waals surface area contributed by atoms with E-state index < -0.39 is 7.82 Å². The maximum atomic E-state index is 12.0. The van der Waals surface area contributed by atoms with Crippen molar-refractivity contribution >= 4 is 7.82 Å². The summed E-state index contributed by atoms with van der Waals surface area (Å²) in [5, 5.41) is 0. The molecular weight excluding hydrogens is 479 g/mol. The van der Waals surface area contributed by atoms with E-state index in [-0.39, 0.29) is 0 Å². The highest BCUT2D eigenvalue weighted by Crippen LogP contribution is 2.43. The lowest BCUT2D eigenvalue weighted by molar-refractivity contribution is 0.145. The van der Waals surface area contributed by atoms with E-state index in [1.807, 2.05) is 0 Å². The maximum Gasteiger partial charge on any atom is 0.472 e. The van der Waals surface area contributed by atoms with Crippen LogP contribution in [0.25, 0.3) is 0 Å². The summed E-state index contributed by atoms with van der Waals surface area (Å²) in [7, 11) is -3.87. The van der Waals surface area contributed by atoms with Crippen molar-refractivity contribution in [2.75, 3.05) is 13.2 Å². The van der Waals surface area contributed by atoms with Crippen LogP contribution in [0.5, 0.6) is 0 Å². The van der Waals surface area contributed by atoms with E-state index in [1.54, 1.807) is 0 Å². The van der Waals surface area contributed by atoms with Gasteiger partial charge in [0.25, 0.3) is 0 Å². The number of phosphoric acid groups is 1. The number of hydrogen-bond donors (Lipinski definition) is 1. The summed E-state index contributed by atoms with van der Waals surface area (Å²) in [6.07, 6.45) is 37.4. The second-order valence-electron chi connectivity index (χ2n) is 11.0. The normalized spacial score (nSPS) is 13.5. The van der Waals surface area contributed by atoms with Crippen LogP contribution in [0, 0.1) is 0 Å². The van der Waals surface area contributed by atoms with Crippen molar-refractivity contribution in [1.29, 1.82) is 0 Å². The van der Waals surface area contributed by atoms with Gasteiger partial charge in [-0.15, -0.1) is 0 Å². The monoisotopic (exact) mass is 544 g/mol. The van der Waals surface area contributed by atoms with Crippen molar-refractivity contribution in [2.45, 2.75) is 181 Å². The first-order chi connectivity index (χ1) is 18.1. The summed E-state index contributed by atoms with van der Waals surface area (Å²) < 4.78 is 22.2. The Morgan fingerprint density at radius 2 is 0.730 bits per heavy atom. The first-order valence-electron chi connectivity index (χ1n) is 16.4. The molecule has 1 N–H and O–H groups in total. The molecule has 0 aromatic heterocycles. The Morgan fingerprint density at radius 3 is 1.05 bits per heavy atom. The average molecular weight is 545 g/mol. The average Bonchev–Trinajstić information content (AvgIpc) is 2.88. The van der Waals surface area contributed by atoms with E-state index in [2.05, 4.69) is 26.0 Å². The third-order valence-electron chi connectivity index (χ3n) is 7.16. The van der Waals surface area contributed by atoms with Gasteiger partial charge in [0.2, 0.25) is 0 Å². The molecule has 0 amide bonds. The zero-order valence-corrected chi connectivity index (χ0v) is 26.0. The Hall–Kier alpha value is -0.150. The van der Waals surface area contributed by atoms with Crippen molar-refractivity contribution in [3.05, 3.63) is 12.2 Å². The standard InChI is InChI=1S/C32H65O4P/c1-3-5-7-9-11-13-15-17-18-19-20-22-24-26-28-30-32-36-37(33,34)35-31-29-27-25-23-21-16-14-12-10-8-6-4-2/h17-18H,3-16,19-32H2,1-2H3,(H,33,34). The number of unbranched alkanes of at least 4 members (excludes halogenated alkanes) is 23. The zero-order chi connectivity index (χ0) is 27.1. The predicted octanol–water partition coefficient (Wildman–Crippen LogP) is 11.9. The first kappa shape index (κ1) is 36.8. The maximum absolute atomic E-state index is 12.0. The fraction of sp³-hybridized carbons (Fsp3) is 0.938. The molecule has 0 aliphatic carbocycles. The van der Waals surface area contributed by atoms with Crippen LogP contribution < -0.4 is 0 Å². The second kappa shape index (κ2) is 30.4. The van der Waals surface area contributed by atoms with E-state index in [9.17, 15) is 9.46 Å². The molecular formula is C32H65O4P. The summed E-state index contributed by atoms with van der Waals surface area (Å²) >= 11 is 0. The van der Waals surface area contributed by atoms with Crippen LogP contribution in [-0.4, -0.2) is 18.1 Å². The van der Waals surface area contributed by atoms with E-state index in [0.717, 1.165) is 25.7 Å². The lowest BCUT2D eigenvalue weighted by Crippen LogP contribution is -1.99. The number of hydrogen-bond acceptors (Lipinski definition) is 3. The van der Waals surface area contributed by atoms with Gasteiger partial charge >= 0.3 is 7.82 Å². The summed E-state index contributed by atoms with van der Waals surface area (Å²) in [6, 6.07) is 0. The lowest BCUT2D eigenvalue weighted by Gasteiger charge is -2.12. The Labute approximate surface area is 232 Å². The van der Waals surface area contributed by atoms with Crippen LogP contribution >= 0.6 is 7.82 Å². The Kier molecular flexibility index (Phi) is 30.3. The molecule has 1 unspecified atom stereocenters. The number of rotatable bonds is 31. The molecule has 5 heteroatoms. The van der Waals surface area contributed by atoms with Gasteiger partial charge in [0.05, 0.1) is 13.2 Å². The highest BCUT2D eigenvalue weighted by molar-refractivity contribution is 7.47. The quantitative estimate of drug-likeness (QED) is 0.0535. The SMILES string of the molecule is CCCCCCCCC=CCCCCCCCCOP(=O)(O)OCCCCCCCCCCCCCC. The van der Waals surface area contributed by atoms with Gasteiger partial charge in [-0.25, -0.2) is 4.57 Å².